The van der Waals surface area contributed by atoms with Crippen LogP contribution in [0, 0.1) is 0 Å². The van der Waals surface area contributed by atoms with Crippen LogP contribution in [-0.4, -0.2) is 32.9 Å². The number of hydrogen-bond donors (Lipinski definition) is 2. The van der Waals surface area contributed by atoms with Gasteiger partial charge in [0, 0.05) is 0 Å². The molecule has 70 valence electrons. The Balaban J connectivity index is 2.71. The Morgan fingerprint density at radius 2 is 2.23 bits per heavy atom. The topological polar surface area (TPSA) is 87.5 Å². The van der Waals surface area contributed by atoms with Gasteiger partial charge in [0.05, 0.1) is 15.5 Å². The Bertz CT molecular complexity index is 335. The van der Waals surface area contributed by atoms with E-state index in [9.17, 15) is 9.59 Å². The number of thiazole rings is 1. The van der Waals surface area contributed by atoms with Crippen molar-refractivity contribution in [3.63, 3.8) is 0 Å². The Labute approximate surface area is 81.4 Å². The minimum absolute atomic E-state index is 0.0729. The van der Waals surface area contributed by atoms with Crippen LogP contribution in [0.2, 0.25) is 0 Å². The molecule has 0 radical (unpaired) electrons. The number of aromatic carboxylic acids is 1. The van der Waals surface area contributed by atoms with E-state index in [1.807, 2.05) is 0 Å². The van der Waals surface area contributed by atoms with Crippen LogP contribution in [0.5, 0.6) is 0 Å². The lowest BCUT2D eigenvalue weighted by Gasteiger charge is -1.94. The third-order valence-corrected chi connectivity index (χ3v) is 3.17. The van der Waals surface area contributed by atoms with E-state index in [0.29, 0.717) is 4.21 Å². The Kier molecular flexibility index (Phi) is 3.26. The van der Waals surface area contributed by atoms with E-state index >= 15 is 0 Å². The number of nitrogens with zero attached hydrogens (tertiary/aromatic N) is 1. The Morgan fingerprint density at radius 3 is 2.77 bits per heavy atom. The fourth-order valence-corrected chi connectivity index (χ4v) is 2.22. The first-order valence-corrected chi connectivity index (χ1v) is 4.99. The highest BCUT2D eigenvalue weighted by Crippen LogP contribution is 2.26. The van der Waals surface area contributed by atoms with E-state index in [4.69, 9.17) is 10.2 Å². The maximum atomic E-state index is 10.5. The van der Waals surface area contributed by atoms with Crippen molar-refractivity contribution in [3.05, 3.63) is 11.2 Å². The molecule has 1 rings (SSSR count). The summed E-state index contributed by atoms with van der Waals surface area (Å²) in [5.41, 5.74) is 1.31. The van der Waals surface area contributed by atoms with Crippen LogP contribution in [0.25, 0.3) is 0 Å². The third kappa shape index (κ3) is 2.71. The van der Waals surface area contributed by atoms with E-state index in [1.54, 1.807) is 0 Å². The number of carbonyl (C=O) groups is 2. The fraction of sp³-hybridized carbons (Fsp3) is 0.167. The summed E-state index contributed by atoms with van der Waals surface area (Å²) in [4.78, 5) is 24.3. The fourth-order valence-electron chi connectivity index (χ4n) is 0.608. The van der Waals surface area contributed by atoms with Crippen molar-refractivity contribution in [3.8, 4) is 0 Å². The molecule has 0 aliphatic carbocycles. The average Bonchev–Trinajstić information content (AvgIpc) is 2.47. The van der Waals surface area contributed by atoms with Crippen LogP contribution in [0.4, 0.5) is 0 Å². The van der Waals surface area contributed by atoms with Crippen LogP contribution < -0.4 is 0 Å². The summed E-state index contributed by atoms with van der Waals surface area (Å²) < 4.78 is 0.426. The first-order valence-electron chi connectivity index (χ1n) is 3.12. The van der Waals surface area contributed by atoms with E-state index in [0.717, 1.165) is 23.1 Å². The normalized spacial score (nSPS) is 9.85. The number of aromatic nitrogens is 1. The van der Waals surface area contributed by atoms with Gasteiger partial charge in [-0.1, -0.05) is 0 Å². The van der Waals surface area contributed by atoms with Crippen LogP contribution in [0.1, 0.15) is 10.5 Å². The molecule has 0 fully saturated rings. The summed E-state index contributed by atoms with van der Waals surface area (Å²) in [5, 5.41) is 17.0. The van der Waals surface area contributed by atoms with Crippen molar-refractivity contribution < 1.29 is 19.8 Å². The second kappa shape index (κ2) is 4.24. The van der Waals surface area contributed by atoms with Gasteiger partial charge in [0.15, 0.2) is 5.69 Å². The molecule has 0 atom stereocenters. The molecule has 1 heterocycles. The number of carboxylic acids is 2. The first kappa shape index (κ1) is 10.0. The standard InChI is InChI=1S/C6H5NO4S2/c8-3(9)1-12-6-4(5(10)11)7-2-13-6/h2H,1H2,(H,8,9)(H,10,11). The first-order chi connectivity index (χ1) is 6.11. The largest absolute Gasteiger partial charge is 0.481 e. The quantitative estimate of drug-likeness (QED) is 0.735. The number of hydrogen-bond acceptors (Lipinski definition) is 5. The molecule has 0 amide bonds. The molecule has 0 unspecified atom stereocenters. The van der Waals surface area contributed by atoms with Crippen LogP contribution in [-0.2, 0) is 4.79 Å². The van der Waals surface area contributed by atoms with E-state index in [-0.39, 0.29) is 11.4 Å². The van der Waals surface area contributed by atoms with Gasteiger partial charge in [0.25, 0.3) is 0 Å². The zero-order chi connectivity index (χ0) is 9.84. The predicted octanol–water partition coefficient (Wildman–Crippen LogP) is 1.02. The molecule has 0 aromatic carbocycles. The molecule has 1 aromatic rings. The molecule has 0 aliphatic rings. The summed E-state index contributed by atoms with van der Waals surface area (Å²) in [5.74, 6) is -2.26. The van der Waals surface area contributed by atoms with Gasteiger partial charge >= 0.3 is 11.9 Å². The summed E-state index contributed by atoms with van der Waals surface area (Å²) >= 11 is 2.09. The average molecular weight is 219 g/mol. The Hall–Kier alpha value is -1.08. The lowest BCUT2D eigenvalue weighted by molar-refractivity contribution is -0.133. The van der Waals surface area contributed by atoms with Crippen molar-refractivity contribution in [1.82, 2.24) is 4.98 Å². The predicted molar refractivity (Wildman–Crippen MR) is 47.4 cm³/mol. The molecule has 0 saturated heterocycles. The van der Waals surface area contributed by atoms with Gasteiger partial charge in [-0.2, -0.15) is 0 Å². The van der Waals surface area contributed by atoms with Crippen molar-refractivity contribution in [1.29, 1.82) is 0 Å². The van der Waals surface area contributed by atoms with Crippen molar-refractivity contribution in [2.75, 3.05) is 5.75 Å². The van der Waals surface area contributed by atoms with Crippen molar-refractivity contribution in [2.24, 2.45) is 0 Å². The lowest BCUT2D eigenvalue weighted by Crippen LogP contribution is -2.01. The molecule has 0 saturated carbocycles. The zero-order valence-corrected chi connectivity index (χ0v) is 7.89. The van der Waals surface area contributed by atoms with Gasteiger partial charge in [0.2, 0.25) is 0 Å². The van der Waals surface area contributed by atoms with Gasteiger partial charge in [-0.3, -0.25) is 4.79 Å². The van der Waals surface area contributed by atoms with Crippen molar-refractivity contribution >= 4 is 35.0 Å². The summed E-state index contributed by atoms with van der Waals surface area (Å²) in [6.45, 7) is 0. The molecular formula is C6H5NO4S2. The van der Waals surface area contributed by atoms with Gasteiger partial charge < -0.3 is 10.2 Å². The molecular weight excluding hydrogens is 214 g/mol. The summed E-state index contributed by atoms with van der Waals surface area (Å²) in [7, 11) is 0. The molecule has 1 aromatic heterocycles. The maximum Gasteiger partial charge on any atom is 0.356 e. The number of carboxylic acid groups (broad SMARTS) is 2. The van der Waals surface area contributed by atoms with E-state index in [2.05, 4.69) is 4.98 Å². The molecule has 2 N–H and O–H groups in total. The van der Waals surface area contributed by atoms with Crippen LogP contribution in [0.15, 0.2) is 9.72 Å². The van der Waals surface area contributed by atoms with Crippen LogP contribution >= 0.6 is 23.1 Å². The Morgan fingerprint density at radius 1 is 1.54 bits per heavy atom. The summed E-state index contributed by atoms with van der Waals surface area (Å²) in [6.07, 6.45) is 0. The minimum atomic E-state index is -1.13. The van der Waals surface area contributed by atoms with E-state index in [1.165, 1.54) is 5.51 Å². The van der Waals surface area contributed by atoms with Crippen LogP contribution in [0.3, 0.4) is 0 Å². The molecule has 0 bridgehead atoms. The second-order valence-corrected chi connectivity index (χ2v) is 4.07. The molecule has 5 nitrogen and oxygen atoms in total. The van der Waals surface area contributed by atoms with Crippen molar-refractivity contribution in [2.45, 2.75) is 4.21 Å². The number of aliphatic carboxylic acids is 1. The minimum Gasteiger partial charge on any atom is -0.481 e. The van der Waals surface area contributed by atoms with Gasteiger partial charge in [0.1, 0.15) is 0 Å². The zero-order valence-electron chi connectivity index (χ0n) is 6.26. The van der Waals surface area contributed by atoms with Gasteiger partial charge in [-0.05, 0) is 0 Å². The molecule has 0 spiro atoms. The molecule has 13 heavy (non-hydrogen) atoms. The number of thioether (sulfide) groups is 1. The molecule has 0 aliphatic heterocycles. The second-order valence-electron chi connectivity index (χ2n) is 1.98. The van der Waals surface area contributed by atoms with Gasteiger partial charge in [-0.15, -0.1) is 23.1 Å². The SMILES string of the molecule is O=C(O)CSc1scnc1C(=O)O. The number of rotatable bonds is 4. The third-order valence-electron chi connectivity index (χ3n) is 1.06. The van der Waals surface area contributed by atoms with E-state index < -0.39 is 11.9 Å². The highest BCUT2D eigenvalue weighted by atomic mass is 32.2. The lowest BCUT2D eigenvalue weighted by atomic mass is 10.5. The van der Waals surface area contributed by atoms with Gasteiger partial charge in [-0.25, -0.2) is 9.78 Å². The molecule has 7 heteroatoms. The maximum absolute atomic E-state index is 10.5. The highest BCUT2D eigenvalue weighted by Gasteiger charge is 2.14. The monoisotopic (exact) mass is 219 g/mol. The highest BCUT2D eigenvalue weighted by molar-refractivity contribution is 8.01. The summed E-state index contributed by atoms with van der Waals surface area (Å²) in [6, 6.07) is 0. The smallest absolute Gasteiger partial charge is 0.356 e.